The molecule has 33 heavy (non-hydrogen) atoms. The lowest BCUT2D eigenvalue weighted by Crippen LogP contribution is -2.38. The quantitative estimate of drug-likeness (QED) is 0.318. The Balaban J connectivity index is 1.49. The van der Waals surface area contributed by atoms with Crippen molar-refractivity contribution in [2.24, 2.45) is 0 Å². The number of rotatable bonds is 9. The van der Waals surface area contributed by atoms with E-state index in [0.29, 0.717) is 16.8 Å². The number of likely N-dealkylation sites (tertiary alicyclic amines) is 1. The van der Waals surface area contributed by atoms with E-state index in [1.165, 1.54) is 49.2 Å². The second-order valence-electron chi connectivity index (χ2n) is 8.26. The summed E-state index contributed by atoms with van der Waals surface area (Å²) in [4.78, 5) is 14.9. The second-order valence-corrected chi connectivity index (χ2v) is 8.67. The molecule has 1 saturated heterocycles. The average Bonchev–Trinajstić information content (AvgIpc) is 2.80. The number of nitrogens with zero attached hydrogens (tertiary/aromatic N) is 1. The van der Waals surface area contributed by atoms with Crippen LogP contribution in [0.4, 0.5) is 19.3 Å². The van der Waals surface area contributed by atoms with Gasteiger partial charge in [0.15, 0.2) is 0 Å². The molecule has 1 heterocycles. The first kappa shape index (κ1) is 25.0. The number of ether oxygens (including phenoxy) is 1. The van der Waals surface area contributed by atoms with E-state index in [1.807, 2.05) is 0 Å². The number of nitrogens with one attached hydrogen (secondary N) is 1. The van der Waals surface area contributed by atoms with Gasteiger partial charge in [-0.15, -0.1) is 12.3 Å². The predicted octanol–water partition coefficient (Wildman–Crippen LogP) is 6.88. The van der Waals surface area contributed by atoms with Gasteiger partial charge in [-0.3, -0.25) is 5.32 Å². The van der Waals surface area contributed by atoms with E-state index < -0.39 is 17.7 Å². The van der Waals surface area contributed by atoms with Gasteiger partial charge in [0.05, 0.1) is 10.7 Å². The van der Waals surface area contributed by atoms with Crippen LogP contribution in [-0.4, -0.2) is 36.7 Å². The monoisotopic (exact) mass is 474 g/mol. The van der Waals surface area contributed by atoms with Gasteiger partial charge in [-0.05, 0) is 68.1 Å². The lowest BCUT2D eigenvalue weighted by Gasteiger charge is -2.31. The van der Waals surface area contributed by atoms with E-state index in [9.17, 15) is 13.6 Å². The Labute approximate surface area is 199 Å². The molecule has 0 bridgehead atoms. The van der Waals surface area contributed by atoms with E-state index >= 15 is 0 Å². The van der Waals surface area contributed by atoms with Crippen molar-refractivity contribution in [3.63, 3.8) is 0 Å². The van der Waals surface area contributed by atoms with Crippen molar-refractivity contribution >= 4 is 23.4 Å². The van der Waals surface area contributed by atoms with E-state index in [0.717, 1.165) is 51.7 Å². The molecule has 7 heteroatoms. The zero-order valence-electron chi connectivity index (χ0n) is 18.6. The van der Waals surface area contributed by atoms with Crippen LogP contribution in [0.1, 0.15) is 44.9 Å². The summed E-state index contributed by atoms with van der Waals surface area (Å²) in [5.41, 5.74) is 1.25. The zero-order chi connectivity index (χ0) is 23.6. The summed E-state index contributed by atoms with van der Waals surface area (Å²) in [7, 11) is 0. The molecule has 2 aromatic carbocycles. The summed E-state index contributed by atoms with van der Waals surface area (Å²) in [6.07, 6.45) is 11.5. The molecule has 1 fully saturated rings. The standard InChI is InChI=1S/C26H29ClF2N2O2/c1-2-3-4-5-6-7-14-31-15-12-21(13-16-31)33-26(32)30-25-11-9-20(28)18-22(25)19-8-10-24(29)23(27)17-19/h1,8-11,17-18,21H,3-7,12-16H2,(H,30,32). The summed E-state index contributed by atoms with van der Waals surface area (Å²) in [5.74, 6) is 1.62. The van der Waals surface area contributed by atoms with Gasteiger partial charge in [0.25, 0.3) is 0 Å². The van der Waals surface area contributed by atoms with Crippen molar-refractivity contribution in [1.82, 2.24) is 4.90 Å². The van der Waals surface area contributed by atoms with E-state index in [2.05, 4.69) is 16.1 Å². The Morgan fingerprint density at radius 2 is 1.88 bits per heavy atom. The number of unbranched alkanes of at least 4 members (excludes halogenated alkanes) is 4. The van der Waals surface area contributed by atoms with Gasteiger partial charge in [-0.1, -0.05) is 30.5 Å². The summed E-state index contributed by atoms with van der Waals surface area (Å²) in [6.45, 7) is 2.82. The first-order valence-electron chi connectivity index (χ1n) is 11.3. The van der Waals surface area contributed by atoms with Crippen LogP contribution in [0.5, 0.6) is 0 Å². The van der Waals surface area contributed by atoms with Crippen molar-refractivity contribution in [3.05, 3.63) is 53.1 Å². The Kier molecular flexibility index (Phi) is 9.53. The van der Waals surface area contributed by atoms with Gasteiger partial charge < -0.3 is 9.64 Å². The molecule has 1 aliphatic heterocycles. The maximum absolute atomic E-state index is 13.9. The van der Waals surface area contributed by atoms with Crippen LogP contribution in [0.15, 0.2) is 36.4 Å². The molecule has 0 atom stereocenters. The Morgan fingerprint density at radius 3 is 2.61 bits per heavy atom. The van der Waals surface area contributed by atoms with E-state index in [-0.39, 0.29) is 11.1 Å². The number of terminal acetylenes is 1. The van der Waals surface area contributed by atoms with Crippen molar-refractivity contribution < 1.29 is 18.3 Å². The molecule has 0 aromatic heterocycles. The van der Waals surface area contributed by atoms with Gasteiger partial charge in [0.1, 0.15) is 17.7 Å². The molecule has 176 valence electrons. The van der Waals surface area contributed by atoms with Gasteiger partial charge in [0.2, 0.25) is 0 Å². The maximum Gasteiger partial charge on any atom is 0.411 e. The fourth-order valence-electron chi connectivity index (χ4n) is 3.99. The normalized spacial score (nSPS) is 14.6. The third-order valence-corrected chi connectivity index (χ3v) is 6.09. The summed E-state index contributed by atoms with van der Waals surface area (Å²) in [5, 5.41) is 2.62. The van der Waals surface area contributed by atoms with Crippen LogP contribution >= 0.6 is 11.6 Å². The lowest BCUT2D eigenvalue weighted by molar-refractivity contribution is 0.0585. The Bertz CT molecular complexity index is 985. The summed E-state index contributed by atoms with van der Waals surface area (Å²) < 4.78 is 33.0. The smallest absolute Gasteiger partial charge is 0.411 e. The first-order chi connectivity index (χ1) is 16.0. The van der Waals surface area contributed by atoms with Gasteiger partial charge in [-0.25, -0.2) is 13.6 Å². The van der Waals surface area contributed by atoms with Crippen LogP contribution in [-0.2, 0) is 4.74 Å². The minimum atomic E-state index is -0.594. The van der Waals surface area contributed by atoms with Crippen LogP contribution in [0, 0.1) is 24.0 Å². The number of piperidine rings is 1. The van der Waals surface area contributed by atoms with Crippen molar-refractivity contribution in [1.29, 1.82) is 0 Å². The molecule has 0 unspecified atom stereocenters. The molecule has 0 saturated carbocycles. The second kappa shape index (κ2) is 12.6. The Morgan fingerprint density at radius 1 is 1.12 bits per heavy atom. The van der Waals surface area contributed by atoms with Crippen molar-refractivity contribution in [2.45, 2.75) is 51.0 Å². The molecule has 0 radical (unpaired) electrons. The van der Waals surface area contributed by atoms with Gasteiger partial charge in [-0.2, -0.15) is 0 Å². The highest BCUT2D eigenvalue weighted by Gasteiger charge is 2.22. The zero-order valence-corrected chi connectivity index (χ0v) is 19.3. The van der Waals surface area contributed by atoms with Crippen molar-refractivity contribution in [2.75, 3.05) is 25.0 Å². The third kappa shape index (κ3) is 7.73. The minimum absolute atomic E-state index is 0.0791. The maximum atomic E-state index is 13.9. The fourth-order valence-corrected chi connectivity index (χ4v) is 4.17. The van der Waals surface area contributed by atoms with E-state index in [4.69, 9.17) is 22.8 Å². The number of benzene rings is 2. The Hall–Kier alpha value is -2.62. The molecule has 0 spiro atoms. The van der Waals surface area contributed by atoms with Crippen LogP contribution < -0.4 is 5.32 Å². The highest BCUT2D eigenvalue weighted by Crippen LogP contribution is 2.32. The molecule has 1 N–H and O–H groups in total. The number of carbonyl (C=O) groups excluding carboxylic acids is 1. The topological polar surface area (TPSA) is 41.6 Å². The molecule has 4 nitrogen and oxygen atoms in total. The summed E-state index contributed by atoms with van der Waals surface area (Å²) in [6, 6.07) is 8.05. The highest BCUT2D eigenvalue weighted by molar-refractivity contribution is 6.31. The van der Waals surface area contributed by atoms with Crippen LogP contribution in [0.2, 0.25) is 5.02 Å². The molecular weight excluding hydrogens is 446 g/mol. The van der Waals surface area contributed by atoms with Crippen LogP contribution in [0.3, 0.4) is 0 Å². The molecule has 0 aliphatic carbocycles. The first-order valence-corrected chi connectivity index (χ1v) is 11.7. The number of hydrogen-bond acceptors (Lipinski definition) is 3. The van der Waals surface area contributed by atoms with Gasteiger partial charge >= 0.3 is 6.09 Å². The number of halogens is 3. The van der Waals surface area contributed by atoms with Crippen LogP contribution in [0.25, 0.3) is 11.1 Å². The third-order valence-electron chi connectivity index (χ3n) is 5.80. The molecule has 3 rings (SSSR count). The van der Waals surface area contributed by atoms with Gasteiger partial charge in [0, 0.05) is 25.1 Å². The lowest BCUT2D eigenvalue weighted by atomic mass is 10.0. The molecular formula is C26H29ClF2N2O2. The predicted molar refractivity (Wildman–Crippen MR) is 128 cm³/mol. The number of amides is 1. The molecule has 1 aliphatic rings. The number of carbonyl (C=O) groups is 1. The number of anilines is 1. The molecule has 2 aromatic rings. The van der Waals surface area contributed by atoms with Crippen molar-refractivity contribution in [3.8, 4) is 23.5 Å². The molecule has 1 amide bonds. The average molecular weight is 475 g/mol. The number of hydrogen-bond donors (Lipinski definition) is 1. The SMILES string of the molecule is C#CCCCCCCN1CCC(OC(=O)Nc2ccc(F)cc2-c2ccc(F)c(Cl)c2)CC1. The minimum Gasteiger partial charge on any atom is -0.446 e. The largest absolute Gasteiger partial charge is 0.446 e. The fraction of sp³-hybridized carbons (Fsp3) is 0.423. The van der Waals surface area contributed by atoms with E-state index in [1.54, 1.807) is 0 Å². The highest BCUT2D eigenvalue weighted by atomic mass is 35.5. The summed E-state index contributed by atoms with van der Waals surface area (Å²) >= 11 is 5.87.